The van der Waals surface area contributed by atoms with E-state index in [-0.39, 0.29) is 5.43 Å². The molecule has 0 radical (unpaired) electrons. The monoisotopic (exact) mass is 434 g/mol. The van der Waals surface area contributed by atoms with Crippen molar-refractivity contribution >= 4 is 5.43 Å². The van der Waals surface area contributed by atoms with Crippen LogP contribution in [0.4, 0.5) is 0 Å². The van der Waals surface area contributed by atoms with E-state index in [2.05, 4.69) is 101 Å². The van der Waals surface area contributed by atoms with Crippen LogP contribution in [0.2, 0.25) is 13.1 Å². The zero-order valence-corrected chi connectivity index (χ0v) is 20.0. The fourth-order valence-electron chi connectivity index (χ4n) is 2.87. The zero-order valence-electron chi connectivity index (χ0n) is 16.6. The molecule has 0 fully saturated rings. The first-order valence-corrected chi connectivity index (χ1v) is 15.3. The minimum absolute atomic E-state index is 0.210. The molecule has 0 atom stereocenters. The van der Waals surface area contributed by atoms with Crippen molar-refractivity contribution in [2.24, 2.45) is 0 Å². The van der Waals surface area contributed by atoms with Gasteiger partial charge in [-0.25, -0.2) is 6.07 Å². The summed E-state index contributed by atoms with van der Waals surface area (Å²) >= 11 is 1.74. The van der Waals surface area contributed by atoms with Crippen molar-refractivity contribution in [3.05, 3.63) is 89.5 Å². The second kappa shape index (κ2) is 9.72. The van der Waals surface area contributed by atoms with E-state index in [1.165, 1.54) is 27.8 Å². The molecular weight excluding hydrogens is 408 g/mol. The maximum absolute atomic E-state index is 3.30. The summed E-state index contributed by atoms with van der Waals surface area (Å²) in [6, 6.07) is 26.6. The van der Waals surface area contributed by atoms with E-state index in [1.807, 2.05) is 6.07 Å². The fraction of sp³-hybridized carbons (Fsp3) is 0.292. The van der Waals surface area contributed by atoms with Gasteiger partial charge >= 0.3 is 41.9 Å². The molecule has 1 aliphatic rings. The Labute approximate surface area is 174 Å². The second-order valence-corrected chi connectivity index (χ2v) is 17.2. The van der Waals surface area contributed by atoms with Gasteiger partial charge in [-0.05, 0) is 6.42 Å². The predicted octanol–water partition coefficient (Wildman–Crippen LogP) is 6.55. The van der Waals surface area contributed by atoms with E-state index in [4.69, 9.17) is 0 Å². The largest absolute Gasteiger partial charge is 0.179 e. The molecule has 0 saturated heterocycles. The molecule has 0 unspecified atom stereocenters. The van der Waals surface area contributed by atoms with Crippen LogP contribution < -0.4 is 0 Å². The Morgan fingerprint density at radius 3 is 2.23 bits per heavy atom. The Morgan fingerprint density at radius 2 is 1.65 bits per heavy atom. The molecule has 1 aliphatic carbocycles. The number of fused-ring (bicyclic) bond motifs is 3. The topological polar surface area (TPSA) is 0 Å². The summed E-state index contributed by atoms with van der Waals surface area (Å²) in [6.45, 7) is 11.3. The molecular formula is C24H28SiZr. The maximum atomic E-state index is 3.30. The first kappa shape index (κ1) is 21.2. The van der Waals surface area contributed by atoms with Crippen molar-refractivity contribution in [3.8, 4) is 11.1 Å². The van der Waals surface area contributed by atoms with Gasteiger partial charge in [-0.3, -0.25) is 0 Å². The van der Waals surface area contributed by atoms with Gasteiger partial charge in [-0.2, -0.15) is 53.6 Å². The summed E-state index contributed by atoms with van der Waals surface area (Å²) in [5.41, 5.74) is 7.46. The molecule has 0 heterocycles. The second-order valence-electron chi connectivity index (χ2n) is 7.82. The van der Waals surface area contributed by atoms with Crippen LogP contribution in [0.25, 0.3) is 11.1 Å². The molecule has 0 spiro atoms. The molecule has 0 amide bonds. The number of rotatable bonds is 0. The van der Waals surface area contributed by atoms with Gasteiger partial charge in [0.05, 0.1) is 0 Å². The quantitative estimate of drug-likeness (QED) is 0.217. The van der Waals surface area contributed by atoms with Crippen LogP contribution in [0.15, 0.2) is 66.7 Å². The molecule has 3 aromatic rings. The summed E-state index contributed by atoms with van der Waals surface area (Å²) in [6.07, 6.45) is 1.05. The summed E-state index contributed by atoms with van der Waals surface area (Å²) in [7, 11) is 0. The average molecular weight is 436 g/mol. The normalized spacial score (nSPS) is 11.3. The van der Waals surface area contributed by atoms with Gasteiger partial charge in [0, 0.05) is 0 Å². The van der Waals surface area contributed by atoms with Gasteiger partial charge in [0.2, 0.25) is 0 Å². The van der Waals surface area contributed by atoms with E-state index in [0.717, 1.165) is 6.42 Å². The average Bonchev–Trinajstić information content (AvgIpc) is 3.22. The van der Waals surface area contributed by atoms with Crippen molar-refractivity contribution in [1.82, 2.24) is 0 Å². The Morgan fingerprint density at radius 1 is 1.00 bits per heavy atom. The number of hydrogen-bond acceptors (Lipinski definition) is 0. The van der Waals surface area contributed by atoms with E-state index < -0.39 is 0 Å². The van der Waals surface area contributed by atoms with E-state index in [1.54, 1.807) is 23.3 Å². The van der Waals surface area contributed by atoms with Crippen LogP contribution in [0, 0.1) is 6.07 Å². The molecule has 3 aromatic carbocycles. The van der Waals surface area contributed by atoms with E-state index in [9.17, 15) is 0 Å². The fourth-order valence-corrected chi connectivity index (χ4v) is 2.87. The van der Waals surface area contributed by atoms with Crippen molar-refractivity contribution in [2.75, 3.05) is 0 Å². The molecule has 0 N–H and O–H groups in total. The van der Waals surface area contributed by atoms with Gasteiger partial charge in [-0.1, -0.05) is 61.6 Å². The zero-order chi connectivity index (χ0) is 19.2. The number of hydrogen-bond donors (Lipinski definition) is 0. The summed E-state index contributed by atoms with van der Waals surface area (Å²) in [4.78, 5) is 0. The maximum Gasteiger partial charge on any atom is -0.0253 e. The third-order valence-electron chi connectivity index (χ3n) is 4.15. The van der Waals surface area contributed by atoms with Crippen molar-refractivity contribution in [1.29, 1.82) is 0 Å². The molecule has 132 valence electrons. The molecule has 0 nitrogen and oxygen atoms in total. The SMILES string of the molecule is CC(C)(C)c1cc[cH-]c1.C[Si](C)=[Zr+2].[c-]1cccc2c1Cc1ccccc1-2. The van der Waals surface area contributed by atoms with Gasteiger partial charge in [-0.15, -0.1) is 5.56 Å². The van der Waals surface area contributed by atoms with Crippen LogP contribution in [-0.2, 0) is 35.2 Å². The van der Waals surface area contributed by atoms with Crippen molar-refractivity contribution in [2.45, 2.75) is 45.7 Å². The van der Waals surface area contributed by atoms with Crippen LogP contribution >= 0.6 is 0 Å². The molecule has 0 saturated carbocycles. The first-order chi connectivity index (χ1) is 12.3. The van der Waals surface area contributed by atoms with Gasteiger partial charge in [0.25, 0.3) is 0 Å². The van der Waals surface area contributed by atoms with Crippen LogP contribution in [0.5, 0.6) is 0 Å². The minimum Gasteiger partial charge on any atom is -0.179 e. The Balaban J connectivity index is 0.000000164. The van der Waals surface area contributed by atoms with Crippen LogP contribution in [0.3, 0.4) is 0 Å². The third-order valence-corrected chi connectivity index (χ3v) is 4.15. The van der Waals surface area contributed by atoms with Crippen molar-refractivity contribution in [3.63, 3.8) is 0 Å². The molecule has 26 heavy (non-hydrogen) atoms. The molecule has 0 bridgehead atoms. The van der Waals surface area contributed by atoms with Crippen molar-refractivity contribution < 1.29 is 23.3 Å². The summed E-state index contributed by atoms with van der Waals surface area (Å²) in [5.74, 6) is 0. The van der Waals surface area contributed by atoms with Gasteiger partial charge < -0.3 is 0 Å². The summed E-state index contributed by atoms with van der Waals surface area (Å²) < 4.78 is 0. The van der Waals surface area contributed by atoms with E-state index in [0.29, 0.717) is 5.41 Å². The smallest absolute Gasteiger partial charge is 0.0253 e. The molecule has 4 rings (SSSR count). The Bertz CT molecular complexity index is 791. The molecule has 0 aromatic heterocycles. The molecule has 0 aliphatic heterocycles. The van der Waals surface area contributed by atoms with E-state index >= 15 is 0 Å². The van der Waals surface area contributed by atoms with Gasteiger partial charge in [0.1, 0.15) is 0 Å². The predicted molar refractivity (Wildman–Crippen MR) is 112 cm³/mol. The Kier molecular flexibility index (Phi) is 7.92. The standard InChI is InChI=1S/C13H9.C9H13.C2H6Si.Zr/c1-3-7-12-10(5-1)9-11-6-2-4-8-13(11)12;1-9(2,3)8-6-4-5-7-8;1-3-2;/h1-5,7-8H,9H2;4-7H,1-3H3;1-2H3;/q2*-1;;+2. The Hall–Kier alpha value is -1.11. The first-order valence-electron chi connectivity index (χ1n) is 9.11. The van der Waals surface area contributed by atoms with Crippen LogP contribution in [-0.4, -0.2) is 5.43 Å². The summed E-state index contributed by atoms with van der Waals surface area (Å²) in [5, 5.41) is 0. The van der Waals surface area contributed by atoms with Crippen LogP contribution in [0.1, 0.15) is 37.5 Å². The van der Waals surface area contributed by atoms with Gasteiger partial charge in [0.15, 0.2) is 0 Å². The minimum atomic E-state index is 0.210. The third kappa shape index (κ3) is 6.25. The number of benzene rings is 2. The molecule has 2 heteroatoms.